The lowest BCUT2D eigenvalue weighted by molar-refractivity contribution is 0.0924. The Morgan fingerprint density at radius 1 is 1.03 bits per heavy atom. The Morgan fingerprint density at radius 2 is 1.62 bits per heavy atom. The van der Waals surface area contributed by atoms with E-state index in [1.54, 1.807) is 25.1 Å². The van der Waals surface area contributed by atoms with Gasteiger partial charge in [-0.1, -0.05) is 60.7 Å². The molecule has 164 valence electrons. The van der Waals surface area contributed by atoms with Gasteiger partial charge >= 0.3 is 0 Å². The average molecular weight is 430 g/mol. The van der Waals surface area contributed by atoms with Crippen molar-refractivity contribution in [1.82, 2.24) is 14.9 Å². The maximum absolute atomic E-state index is 12.5. The first-order chi connectivity index (χ1) is 15.4. The van der Waals surface area contributed by atoms with Gasteiger partial charge in [0.2, 0.25) is 0 Å². The van der Waals surface area contributed by atoms with Crippen LogP contribution in [0.4, 0.5) is 0 Å². The zero-order chi connectivity index (χ0) is 22.7. The highest BCUT2D eigenvalue weighted by atomic mass is 16.3. The second-order valence-corrected chi connectivity index (χ2v) is 7.88. The first-order valence-electron chi connectivity index (χ1n) is 10.8. The molecule has 0 saturated carbocycles. The number of carbonyl (C=O) groups excluding carboxylic acids is 1. The third-order valence-electron chi connectivity index (χ3n) is 5.59. The fourth-order valence-electron chi connectivity index (χ4n) is 3.99. The third-order valence-corrected chi connectivity index (χ3v) is 5.59. The molecule has 1 aromatic heterocycles. The number of imidazole rings is 1. The van der Waals surface area contributed by atoms with Gasteiger partial charge in [-0.25, -0.2) is 4.98 Å². The van der Waals surface area contributed by atoms with Crippen LogP contribution in [0.25, 0.3) is 11.0 Å². The maximum atomic E-state index is 12.5. The van der Waals surface area contributed by atoms with Crippen molar-refractivity contribution in [1.29, 1.82) is 0 Å². The Kier molecular flexibility index (Phi) is 6.08. The number of nitrogens with one attached hydrogen (secondary N) is 1. The van der Waals surface area contributed by atoms with Crippen LogP contribution in [0.5, 0.6) is 0 Å². The Balaban J connectivity index is 1.89. The second-order valence-electron chi connectivity index (χ2n) is 7.88. The molecule has 6 heteroatoms. The Morgan fingerprint density at radius 3 is 2.16 bits per heavy atom. The first-order valence-corrected chi connectivity index (χ1v) is 10.8. The van der Waals surface area contributed by atoms with Crippen LogP contribution in [0.2, 0.25) is 0 Å². The van der Waals surface area contributed by atoms with E-state index < -0.39 is 11.7 Å². The van der Waals surface area contributed by atoms with E-state index in [1.807, 2.05) is 72.2 Å². The summed E-state index contributed by atoms with van der Waals surface area (Å²) >= 11 is 0. The maximum Gasteiger partial charge on any atom is 0.251 e. The number of aliphatic hydroxyl groups is 2. The minimum atomic E-state index is -1.47. The largest absolute Gasteiger partial charge is 0.392 e. The lowest BCUT2D eigenvalue weighted by Crippen LogP contribution is -2.32. The molecule has 0 saturated heterocycles. The number of hydrogen-bond acceptors (Lipinski definition) is 4. The summed E-state index contributed by atoms with van der Waals surface area (Å²) < 4.78 is 1.95. The average Bonchev–Trinajstić information content (AvgIpc) is 3.21. The molecule has 32 heavy (non-hydrogen) atoms. The van der Waals surface area contributed by atoms with Crippen molar-refractivity contribution in [2.75, 3.05) is 6.54 Å². The summed E-state index contributed by atoms with van der Waals surface area (Å²) in [4.78, 5) is 17.4. The summed E-state index contributed by atoms with van der Waals surface area (Å²) in [7, 11) is 0. The topological polar surface area (TPSA) is 87.4 Å². The van der Waals surface area contributed by atoms with Crippen molar-refractivity contribution in [3.05, 3.63) is 101 Å². The molecule has 3 N–H and O–H groups in total. The van der Waals surface area contributed by atoms with E-state index in [-0.39, 0.29) is 12.5 Å². The summed E-state index contributed by atoms with van der Waals surface area (Å²) in [5, 5.41) is 24.3. The number of hydrogen-bond donors (Lipinski definition) is 3. The molecule has 3 aromatic carbocycles. The molecule has 0 bridgehead atoms. The van der Waals surface area contributed by atoms with Crippen LogP contribution in [-0.2, 0) is 12.1 Å². The van der Waals surface area contributed by atoms with E-state index in [1.165, 1.54) is 0 Å². The second kappa shape index (κ2) is 8.94. The van der Waals surface area contributed by atoms with Gasteiger partial charge in [0, 0.05) is 18.7 Å². The van der Waals surface area contributed by atoms with Gasteiger partial charge in [-0.2, -0.15) is 0 Å². The molecule has 0 aliphatic rings. The van der Waals surface area contributed by atoms with Crippen molar-refractivity contribution in [3.8, 4) is 0 Å². The fraction of sp³-hybridized carbons (Fsp3) is 0.231. The van der Waals surface area contributed by atoms with Gasteiger partial charge in [0.1, 0.15) is 0 Å². The molecular formula is C26H27N3O3. The number of aromatic nitrogens is 2. The van der Waals surface area contributed by atoms with Crippen molar-refractivity contribution in [2.24, 2.45) is 0 Å². The Labute approximate surface area is 187 Å². The predicted octanol–water partition coefficient (Wildman–Crippen LogP) is 3.45. The number of rotatable bonds is 7. The highest BCUT2D eigenvalue weighted by Crippen LogP contribution is 2.37. The molecule has 0 aliphatic heterocycles. The lowest BCUT2D eigenvalue weighted by Gasteiger charge is -2.29. The molecular weight excluding hydrogens is 402 g/mol. The van der Waals surface area contributed by atoms with Crippen LogP contribution in [0, 0.1) is 0 Å². The molecule has 4 aromatic rings. The summed E-state index contributed by atoms with van der Waals surface area (Å²) in [6.45, 7) is 4.35. The van der Waals surface area contributed by atoms with Crippen LogP contribution in [-0.4, -0.2) is 38.3 Å². The zero-order valence-corrected chi connectivity index (χ0v) is 18.2. The molecule has 1 atom stereocenters. The van der Waals surface area contributed by atoms with Crippen LogP contribution in [0.15, 0.2) is 78.9 Å². The van der Waals surface area contributed by atoms with E-state index in [0.29, 0.717) is 34.6 Å². The SMILES string of the molecule is CCn1c(C(O)(c2ccccc2)c2ccccc2)nc2ccc(C(=O)NC[C@@H](C)O)cc21. The summed E-state index contributed by atoms with van der Waals surface area (Å²) in [5.41, 5.74) is 1.89. The van der Waals surface area contributed by atoms with Gasteiger partial charge < -0.3 is 20.1 Å². The minimum Gasteiger partial charge on any atom is -0.392 e. The molecule has 6 nitrogen and oxygen atoms in total. The highest BCUT2D eigenvalue weighted by Gasteiger charge is 2.38. The fourth-order valence-corrected chi connectivity index (χ4v) is 3.99. The van der Waals surface area contributed by atoms with Crippen molar-refractivity contribution in [3.63, 3.8) is 0 Å². The van der Waals surface area contributed by atoms with E-state index >= 15 is 0 Å². The predicted molar refractivity (Wildman–Crippen MR) is 124 cm³/mol. The van der Waals surface area contributed by atoms with Gasteiger partial charge in [-0.15, -0.1) is 0 Å². The highest BCUT2D eigenvalue weighted by molar-refractivity contribution is 5.97. The van der Waals surface area contributed by atoms with Gasteiger partial charge in [-0.3, -0.25) is 4.79 Å². The number of benzene rings is 3. The summed E-state index contributed by atoms with van der Waals surface area (Å²) in [5.74, 6) is 0.230. The van der Waals surface area contributed by atoms with Crippen LogP contribution in [0.3, 0.4) is 0 Å². The van der Waals surface area contributed by atoms with Crippen LogP contribution >= 0.6 is 0 Å². The van der Waals surface area contributed by atoms with Gasteiger partial charge in [0.25, 0.3) is 5.91 Å². The number of amides is 1. The number of nitrogens with zero attached hydrogens (tertiary/aromatic N) is 2. The van der Waals surface area contributed by atoms with Crippen LogP contribution < -0.4 is 5.32 Å². The quantitative estimate of drug-likeness (QED) is 0.420. The van der Waals surface area contributed by atoms with Gasteiger partial charge in [0.05, 0.1) is 17.1 Å². The Hall–Kier alpha value is -3.48. The van der Waals surface area contributed by atoms with E-state index in [4.69, 9.17) is 4.98 Å². The van der Waals surface area contributed by atoms with E-state index in [2.05, 4.69) is 5.32 Å². The summed E-state index contributed by atoms with van der Waals surface area (Å²) in [6.07, 6.45) is -0.623. The number of carbonyl (C=O) groups is 1. The van der Waals surface area contributed by atoms with E-state index in [0.717, 1.165) is 5.52 Å². The lowest BCUT2D eigenvalue weighted by atomic mass is 9.85. The van der Waals surface area contributed by atoms with E-state index in [9.17, 15) is 15.0 Å². The minimum absolute atomic E-state index is 0.178. The monoisotopic (exact) mass is 429 g/mol. The number of fused-ring (bicyclic) bond motifs is 1. The Bertz CT molecular complexity index is 1180. The molecule has 4 rings (SSSR count). The molecule has 1 amide bonds. The standard InChI is InChI=1S/C26H27N3O3/c1-3-29-23-16-19(24(31)27-17-18(2)30)14-15-22(23)28-25(29)26(32,20-10-6-4-7-11-20)21-12-8-5-9-13-21/h4-16,18,30,32H,3,17H2,1-2H3,(H,27,31)/t18-/m1/s1. The third kappa shape index (κ3) is 3.90. The smallest absolute Gasteiger partial charge is 0.251 e. The van der Waals surface area contributed by atoms with Crippen LogP contribution in [0.1, 0.15) is 41.2 Å². The number of aliphatic hydroxyl groups excluding tert-OH is 1. The first kappa shape index (κ1) is 21.7. The van der Waals surface area contributed by atoms with Crippen molar-refractivity contribution >= 4 is 16.9 Å². The van der Waals surface area contributed by atoms with Gasteiger partial charge in [0.15, 0.2) is 11.4 Å². The molecule has 0 spiro atoms. The summed E-state index contributed by atoms with van der Waals surface area (Å²) in [6, 6.07) is 24.2. The molecule has 0 radical (unpaired) electrons. The molecule has 0 fully saturated rings. The number of aryl methyl sites for hydroxylation is 1. The van der Waals surface area contributed by atoms with Gasteiger partial charge in [-0.05, 0) is 43.2 Å². The van der Waals surface area contributed by atoms with Crippen molar-refractivity contribution < 1.29 is 15.0 Å². The zero-order valence-electron chi connectivity index (χ0n) is 18.2. The molecule has 1 heterocycles. The molecule has 0 unspecified atom stereocenters. The normalized spacial score (nSPS) is 12.6. The molecule has 0 aliphatic carbocycles. The van der Waals surface area contributed by atoms with Crippen molar-refractivity contribution in [2.45, 2.75) is 32.1 Å².